The number of para-hydroxylation sites is 3. The lowest BCUT2D eigenvalue weighted by Crippen LogP contribution is -2.49. The van der Waals surface area contributed by atoms with Gasteiger partial charge in [-0.05, 0) is 31.2 Å². The summed E-state index contributed by atoms with van der Waals surface area (Å²) in [6.45, 7) is 2.51. The number of anilines is 1. The maximum atomic E-state index is 12.8. The maximum Gasteiger partial charge on any atom is 0.260 e. The van der Waals surface area contributed by atoms with E-state index in [1.165, 1.54) is 11.0 Å². The van der Waals surface area contributed by atoms with Crippen molar-refractivity contribution in [2.24, 2.45) is 5.73 Å². The highest BCUT2D eigenvalue weighted by molar-refractivity contribution is 6.05. The summed E-state index contributed by atoms with van der Waals surface area (Å²) in [7, 11) is 0. The normalized spacial score (nSPS) is 16.0. The van der Waals surface area contributed by atoms with E-state index < -0.39 is 12.0 Å². The number of carbonyl (C=O) groups excluding carboxylic acids is 2. The van der Waals surface area contributed by atoms with Gasteiger partial charge < -0.3 is 20.1 Å². The molecule has 0 radical (unpaired) electrons. The maximum absolute atomic E-state index is 12.8. The number of hydrogen-bond donors (Lipinski definition) is 1. The average molecular weight is 352 g/mol. The number of primary amides is 1. The Bertz CT molecular complexity index is 847. The molecule has 1 atom stereocenters. The summed E-state index contributed by atoms with van der Waals surface area (Å²) in [5.41, 5.74) is 6.78. The lowest BCUT2D eigenvalue weighted by Gasteiger charge is -2.32. The highest BCUT2D eigenvalue weighted by Gasteiger charge is 2.31. The Morgan fingerprint density at radius 3 is 2.73 bits per heavy atom. The standard InChI is InChI=1S/C20H20N2O4/c1-2-25-16-9-5-3-7-14(16)11-12-19(23)22-13-18(20(21)24)26-17-10-6-4-8-15(17)22/h3-12,18H,2,13H2,1H3,(H2,21,24). The number of nitrogens with zero attached hydrogens (tertiary/aromatic N) is 1. The summed E-state index contributed by atoms with van der Waals surface area (Å²) in [6.07, 6.45) is 2.28. The minimum atomic E-state index is -0.877. The van der Waals surface area contributed by atoms with Crippen molar-refractivity contribution in [1.29, 1.82) is 0 Å². The molecule has 0 aromatic heterocycles. The van der Waals surface area contributed by atoms with Crippen LogP contribution in [0.4, 0.5) is 5.69 Å². The summed E-state index contributed by atoms with van der Waals surface area (Å²) in [5, 5.41) is 0. The fourth-order valence-corrected chi connectivity index (χ4v) is 2.75. The molecule has 0 fully saturated rings. The summed E-state index contributed by atoms with van der Waals surface area (Å²) in [6, 6.07) is 14.5. The molecule has 134 valence electrons. The van der Waals surface area contributed by atoms with E-state index in [9.17, 15) is 9.59 Å². The third-order valence-corrected chi connectivity index (χ3v) is 3.98. The van der Waals surface area contributed by atoms with Crippen molar-refractivity contribution in [3.05, 3.63) is 60.2 Å². The van der Waals surface area contributed by atoms with Crippen LogP contribution in [-0.4, -0.2) is 31.1 Å². The van der Waals surface area contributed by atoms with Gasteiger partial charge in [-0.15, -0.1) is 0 Å². The van der Waals surface area contributed by atoms with Crippen LogP contribution in [0.2, 0.25) is 0 Å². The highest BCUT2D eigenvalue weighted by atomic mass is 16.5. The molecule has 2 aromatic carbocycles. The second-order valence-corrected chi connectivity index (χ2v) is 5.73. The van der Waals surface area contributed by atoms with Crippen LogP contribution in [0.3, 0.4) is 0 Å². The SMILES string of the molecule is CCOc1ccccc1C=CC(=O)N1CC(C(N)=O)Oc2ccccc21. The van der Waals surface area contributed by atoms with Gasteiger partial charge in [0.2, 0.25) is 0 Å². The Kier molecular flexibility index (Phi) is 5.22. The molecule has 26 heavy (non-hydrogen) atoms. The first-order valence-electron chi connectivity index (χ1n) is 8.36. The molecule has 0 spiro atoms. The van der Waals surface area contributed by atoms with E-state index in [4.69, 9.17) is 15.2 Å². The Balaban J connectivity index is 1.86. The monoisotopic (exact) mass is 352 g/mol. The van der Waals surface area contributed by atoms with Crippen molar-refractivity contribution in [1.82, 2.24) is 0 Å². The third kappa shape index (κ3) is 3.69. The van der Waals surface area contributed by atoms with E-state index in [0.717, 1.165) is 5.56 Å². The van der Waals surface area contributed by atoms with Crippen LogP contribution >= 0.6 is 0 Å². The number of ether oxygens (including phenoxy) is 2. The zero-order chi connectivity index (χ0) is 18.5. The topological polar surface area (TPSA) is 81.9 Å². The van der Waals surface area contributed by atoms with Gasteiger partial charge in [0.1, 0.15) is 11.5 Å². The molecule has 6 heteroatoms. The lowest BCUT2D eigenvalue weighted by atomic mass is 10.1. The van der Waals surface area contributed by atoms with Gasteiger partial charge >= 0.3 is 0 Å². The highest BCUT2D eigenvalue weighted by Crippen LogP contribution is 2.33. The van der Waals surface area contributed by atoms with Gasteiger partial charge in [0.25, 0.3) is 11.8 Å². The Morgan fingerprint density at radius 1 is 1.23 bits per heavy atom. The predicted molar refractivity (Wildman–Crippen MR) is 99.1 cm³/mol. The molecule has 1 heterocycles. The molecule has 0 aliphatic carbocycles. The molecule has 6 nitrogen and oxygen atoms in total. The van der Waals surface area contributed by atoms with Crippen LogP contribution in [0.15, 0.2) is 54.6 Å². The fourth-order valence-electron chi connectivity index (χ4n) is 2.75. The van der Waals surface area contributed by atoms with Crippen molar-refractivity contribution in [3.8, 4) is 11.5 Å². The molecule has 0 saturated heterocycles. The zero-order valence-corrected chi connectivity index (χ0v) is 14.4. The fraction of sp³-hybridized carbons (Fsp3) is 0.200. The van der Waals surface area contributed by atoms with E-state index in [0.29, 0.717) is 23.8 Å². The molecule has 0 saturated carbocycles. The quantitative estimate of drug-likeness (QED) is 0.838. The van der Waals surface area contributed by atoms with Gasteiger partial charge in [-0.1, -0.05) is 30.3 Å². The molecular weight excluding hydrogens is 332 g/mol. The zero-order valence-electron chi connectivity index (χ0n) is 14.4. The second-order valence-electron chi connectivity index (χ2n) is 5.73. The molecule has 1 unspecified atom stereocenters. The molecule has 3 rings (SSSR count). The van der Waals surface area contributed by atoms with Gasteiger partial charge in [0.05, 0.1) is 18.8 Å². The van der Waals surface area contributed by atoms with Crippen molar-refractivity contribution in [2.75, 3.05) is 18.1 Å². The molecule has 2 amide bonds. The van der Waals surface area contributed by atoms with Crippen LogP contribution in [0.1, 0.15) is 12.5 Å². The smallest absolute Gasteiger partial charge is 0.260 e. The summed E-state index contributed by atoms with van der Waals surface area (Å²) in [4.78, 5) is 25.8. The average Bonchev–Trinajstić information content (AvgIpc) is 2.66. The predicted octanol–water partition coefficient (Wildman–Crippen LogP) is 2.38. The van der Waals surface area contributed by atoms with Gasteiger partial charge in [0.15, 0.2) is 6.10 Å². The Hall–Kier alpha value is -3.28. The first-order valence-corrected chi connectivity index (χ1v) is 8.36. The molecule has 1 aliphatic heterocycles. The minimum absolute atomic E-state index is 0.0721. The molecular formula is C20H20N2O4. The third-order valence-electron chi connectivity index (χ3n) is 3.98. The molecule has 2 aromatic rings. The van der Waals surface area contributed by atoms with Gasteiger partial charge in [-0.3, -0.25) is 9.59 Å². The van der Waals surface area contributed by atoms with Crippen LogP contribution in [0, 0.1) is 0 Å². The van der Waals surface area contributed by atoms with Crippen LogP contribution in [-0.2, 0) is 9.59 Å². The van der Waals surface area contributed by atoms with Crippen molar-refractivity contribution in [2.45, 2.75) is 13.0 Å². The number of carbonyl (C=O) groups is 2. The largest absolute Gasteiger partial charge is 0.493 e. The van der Waals surface area contributed by atoms with Crippen molar-refractivity contribution in [3.63, 3.8) is 0 Å². The Labute approximate surface area is 151 Å². The number of amides is 2. The van der Waals surface area contributed by atoms with Crippen molar-refractivity contribution < 1.29 is 19.1 Å². The van der Waals surface area contributed by atoms with Gasteiger partial charge in [0, 0.05) is 11.6 Å². The summed E-state index contributed by atoms with van der Waals surface area (Å²) < 4.78 is 11.1. The van der Waals surface area contributed by atoms with E-state index in [1.54, 1.807) is 30.3 Å². The number of nitrogens with two attached hydrogens (primary N) is 1. The Morgan fingerprint density at radius 2 is 1.96 bits per heavy atom. The number of fused-ring (bicyclic) bond motifs is 1. The molecule has 0 bridgehead atoms. The number of rotatable bonds is 5. The molecule has 2 N–H and O–H groups in total. The van der Waals surface area contributed by atoms with E-state index in [1.807, 2.05) is 31.2 Å². The van der Waals surface area contributed by atoms with Gasteiger partial charge in [-0.2, -0.15) is 0 Å². The van der Waals surface area contributed by atoms with E-state index >= 15 is 0 Å². The van der Waals surface area contributed by atoms with Crippen LogP contribution < -0.4 is 20.1 Å². The first kappa shape index (κ1) is 17.5. The summed E-state index contributed by atoms with van der Waals surface area (Å²) >= 11 is 0. The number of benzene rings is 2. The summed E-state index contributed by atoms with van der Waals surface area (Å²) in [5.74, 6) is 0.289. The minimum Gasteiger partial charge on any atom is -0.493 e. The first-order chi connectivity index (χ1) is 12.6. The van der Waals surface area contributed by atoms with E-state index in [-0.39, 0.29) is 12.5 Å². The second kappa shape index (κ2) is 7.74. The van der Waals surface area contributed by atoms with E-state index in [2.05, 4.69) is 0 Å². The van der Waals surface area contributed by atoms with Gasteiger partial charge in [-0.25, -0.2) is 0 Å². The van der Waals surface area contributed by atoms with Crippen LogP contribution in [0.5, 0.6) is 11.5 Å². The lowest BCUT2D eigenvalue weighted by molar-refractivity contribution is -0.125. The molecule has 1 aliphatic rings. The van der Waals surface area contributed by atoms with Crippen molar-refractivity contribution >= 4 is 23.6 Å². The van der Waals surface area contributed by atoms with Crippen LogP contribution in [0.25, 0.3) is 6.08 Å². The number of hydrogen-bond acceptors (Lipinski definition) is 4.